The number of allylic oxidation sites excluding steroid dienone is 3. The maximum atomic E-state index is 14.3. The average Bonchev–Trinajstić information content (AvgIpc) is 3.10. The van der Waals surface area contributed by atoms with Crippen LogP contribution in [0, 0.1) is 5.82 Å². The second kappa shape index (κ2) is 5.84. The summed E-state index contributed by atoms with van der Waals surface area (Å²) in [5.74, 6) is -0.0325. The van der Waals surface area contributed by atoms with Gasteiger partial charge in [-0.15, -0.1) is 0 Å². The molecule has 0 atom stereocenters. The van der Waals surface area contributed by atoms with Crippen LogP contribution in [-0.2, 0) is 6.54 Å². The number of halogens is 1. The Kier molecular flexibility index (Phi) is 3.71. The van der Waals surface area contributed by atoms with Crippen molar-refractivity contribution in [1.29, 1.82) is 0 Å². The highest BCUT2D eigenvalue weighted by Crippen LogP contribution is 2.29. The highest BCUT2D eigenvalue weighted by Gasteiger charge is 2.20. The maximum Gasteiger partial charge on any atom is 0.172 e. The van der Waals surface area contributed by atoms with Crippen molar-refractivity contribution >= 4 is 16.7 Å². The zero-order valence-electron chi connectivity index (χ0n) is 12.1. The van der Waals surface area contributed by atoms with Crippen LogP contribution in [0.1, 0.15) is 0 Å². The Bertz CT molecular complexity index is 908. The van der Waals surface area contributed by atoms with Crippen LogP contribution in [0.5, 0.6) is 0 Å². The van der Waals surface area contributed by atoms with Gasteiger partial charge in [0.15, 0.2) is 11.5 Å². The largest absolute Gasteiger partial charge is 0.405 e. The first-order valence-electron chi connectivity index (χ1n) is 6.79. The molecule has 8 heteroatoms. The van der Waals surface area contributed by atoms with E-state index < -0.39 is 5.82 Å². The molecule has 118 valence electrons. The van der Waals surface area contributed by atoms with Crippen molar-refractivity contribution in [2.24, 2.45) is 11.5 Å². The highest BCUT2D eigenvalue weighted by molar-refractivity contribution is 5.82. The molecule has 2 heterocycles. The molecule has 0 aliphatic heterocycles. The summed E-state index contributed by atoms with van der Waals surface area (Å²) in [6, 6.07) is 4.64. The van der Waals surface area contributed by atoms with E-state index in [2.05, 4.69) is 10.1 Å². The maximum absolute atomic E-state index is 14.3. The van der Waals surface area contributed by atoms with Gasteiger partial charge >= 0.3 is 0 Å². The zero-order valence-corrected chi connectivity index (χ0v) is 12.1. The third-order valence-corrected chi connectivity index (χ3v) is 3.29. The van der Waals surface area contributed by atoms with Crippen molar-refractivity contribution in [2.75, 3.05) is 5.73 Å². The highest BCUT2D eigenvalue weighted by atomic mass is 19.1. The first kappa shape index (κ1) is 14.6. The molecule has 0 aliphatic carbocycles. The summed E-state index contributed by atoms with van der Waals surface area (Å²) in [5, 5.41) is 3.84. The fourth-order valence-corrected chi connectivity index (χ4v) is 2.31. The van der Waals surface area contributed by atoms with E-state index in [9.17, 15) is 4.39 Å². The molecule has 0 saturated heterocycles. The second-order valence-corrected chi connectivity index (χ2v) is 4.87. The Hall–Kier alpha value is -3.29. The van der Waals surface area contributed by atoms with Crippen molar-refractivity contribution in [3.63, 3.8) is 0 Å². The van der Waals surface area contributed by atoms with Crippen molar-refractivity contribution in [2.45, 2.75) is 6.54 Å². The lowest BCUT2D eigenvalue weighted by Gasteiger charge is -2.08. The fraction of sp³-hybridized carbons (Fsp3) is 0.0667. The summed E-state index contributed by atoms with van der Waals surface area (Å²) in [4.78, 5) is 4.41. The number of nitrogens with two attached hydrogens (primary N) is 3. The van der Waals surface area contributed by atoms with Crippen LogP contribution in [0.25, 0.3) is 22.6 Å². The van der Waals surface area contributed by atoms with Gasteiger partial charge < -0.3 is 26.3 Å². The molecule has 7 nitrogen and oxygen atoms in total. The lowest BCUT2D eigenvalue weighted by atomic mass is 10.3. The van der Waals surface area contributed by atoms with E-state index in [1.54, 1.807) is 28.9 Å². The Labute approximate surface area is 130 Å². The number of benzene rings is 1. The van der Waals surface area contributed by atoms with Crippen LogP contribution in [0.3, 0.4) is 0 Å². The number of nitrogens with zero attached hydrogens (tertiary/aromatic N) is 3. The standard InChI is InChI=1S/C15H15FN6O/c16-10-4-1-5-12-14(10)22(7-9(18)3-2-6-17)15(20-12)13-11(19)8-23-21-13/h1-6,8H,7,17-19H2/b6-2-,9-3-. The van der Waals surface area contributed by atoms with Gasteiger partial charge in [0.2, 0.25) is 0 Å². The van der Waals surface area contributed by atoms with E-state index in [-0.39, 0.29) is 6.54 Å². The SMILES string of the molecule is N/C=C\C=C(/N)Cn1c(-c2nocc2N)nc2cccc(F)c21. The van der Waals surface area contributed by atoms with E-state index in [0.29, 0.717) is 33.9 Å². The van der Waals surface area contributed by atoms with Gasteiger partial charge in [0.25, 0.3) is 0 Å². The molecule has 3 aromatic rings. The van der Waals surface area contributed by atoms with Crippen LogP contribution in [-0.4, -0.2) is 14.7 Å². The van der Waals surface area contributed by atoms with Gasteiger partial charge in [-0.05, 0) is 30.5 Å². The minimum atomic E-state index is -0.412. The van der Waals surface area contributed by atoms with Crippen molar-refractivity contribution in [1.82, 2.24) is 14.7 Å². The summed E-state index contributed by atoms with van der Waals surface area (Å²) in [6.07, 6.45) is 5.87. The number of imidazole rings is 1. The predicted octanol–water partition coefficient (Wildman–Crippen LogP) is 1.73. The molecule has 0 fully saturated rings. The molecule has 6 N–H and O–H groups in total. The van der Waals surface area contributed by atoms with E-state index in [0.717, 1.165) is 0 Å². The Morgan fingerprint density at radius 3 is 2.91 bits per heavy atom. The summed E-state index contributed by atoms with van der Waals surface area (Å²) >= 11 is 0. The molecule has 23 heavy (non-hydrogen) atoms. The number of para-hydroxylation sites is 1. The Morgan fingerprint density at radius 2 is 2.22 bits per heavy atom. The second-order valence-electron chi connectivity index (χ2n) is 4.87. The minimum Gasteiger partial charge on any atom is -0.405 e. The number of anilines is 1. The molecule has 2 aromatic heterocycles. The molecule has 0 saturated carbocycles. The third-order valence-electron chi connectivity index (χ3n) is 3.29. The summed E-state index contributed by atoms with van der Waals surface area (Å²) in [6.45, 7) is 0.198. The third kappa shape index (κ3) is 2.61. The molecular weight excluding hydrogens is 299 g/mol. The molecule has 0 amide bonds. The molecule has 0 spiro atoms. The van der Waals surface area contributed by atoms with Crippen molar-refractivity contribution in [3.8, 4) is 11.5 Å². The van der Waals surface area contributed by atoms with Crippen LogP contribution in [0.4, 0.5) is 10.1 Å². The fourth-order valence-electron chi connectivity index (χ4n) is 2.31. The summed E-state index contributed by atoms with van der Waals surface area (Å²) in [5.41, 5.74) is 19.0. The molecule has 0 aliphatic rings. The smallest absolute Gasteiger partial charge is 0.172 e. The number of hydrogen-bond donors (Lipinski definition) is 3. The van der Waals surface area contributed by atoms with Crippen LogP contribution in [0.2, 0.25) is 0 Å². The quantitative estimate of drug-likeness (QED) is 0.630. The molecule has 0 unspecified atom stereocenters. The van der Waals surface area contributed by atoms with Gasteiger partial charge in [0, 0.05) is 5.70 Å². The zero-order chi connectivity index (χ0) is 16.4. The average molecular weight is 314 g/mol. The Balaban J connectivity index is 2.22. The number of nitrogen functional groups attached to an aromatic ring is 1. The number of aromatic nitrogens is 3. The van der Waals surface area contributed by atoms with E-state index in [1.807, 2.05) is 0 Å². The van der Waals surface area contributed by atoms with Crippen molar-refractivity contribution < 1.29 is 8.91 Å². The molecule has 3 rings (SSSR count). The number of rotatable bonds is 4. The van der Waals surface area contributed by atoms with Crippen molar-refractivity contribution in [3.05, 3.63) is 54.3 Å². The van der Waals surface area contributed by atoms with Gasteiger partial charge in [-0.3, -0.25) is 0 Å². The van der Waals surface area contributed by atoms with Crippen LogP contribution in [0.15, 0.2) is 53.0 Å². The summed E-state index contributed by atoms with van der Waals surface area (Å²) in [7, 11) is 0. The van der Waals surface area contributed by atoms with E-state index in [4.69, 9.17) is 21.7 Å². The van der Waals surface area contributed by atoms with Gasteiger partial charge in [-0.2, -0.15) is 0 Å². The van der Waals surface area contributed by atoms with Gasteiger partial charge in [-0.1, -0.05) is 11.2 Å². The van der Waals surface area contributed by atoms with E-state index in [1.165, 1.54) is 18.5 Å². The van der Waals surface area contributed by atoms with Crippen LogP contribution < -0.4 is 17.2 Å². The summed E-state index contributed by atoms with van der Waals surface area (Å²) < 4.78 is 20.7. The Morgan fingerprint density at radius 1 is 1.39 bits per heavy atom. The molecule has 0 bridgehead atoms. The normalized spacial score (nSPS) is 12.5. The molecule has 0 radical (unpaired) electrons. The van der Waals surface area contributed by atoms with Gasteiger partial charge in [0.05, 0.1) is 12.1 Å². The monoisotopic (exact) mass is 314 g/mol. The number of hydrogen-bond acceptors (Lipinski definition) is 6. The van der Waals surface area contributed by atoms with Gasteiger partial charge in [-0.25, -0.2) is 9.37 Å². The topological polar surface area (TPSA) is 122 Å². The minimum absolute atomic E-state index is 0.198. The first-order chi connectivity index (χ1) is 11.1. The van der Waals surface area contributed by atoms with E-state index >= 15 is 0 Å². The van der Waals surface area contributed by atoms with Gasteiger partial charge in [0.1, 0.15) is 23.3 Å². The lowest BCUT2D eigenvalue weighted by molar-refractivity contribution is 0.422. The molecule has 1 aromatic carbocycles. The predicted molar refractivity (Wildman–Crippen MR) is 85.2 cm³/mol. The van der Waals surface area contributed by atoms with Crippen LogP contribution >= 0.6 is 0 Å². The molecular formula is C15H15FN6O. The number of fused-ring (bicyclic) bond motifs is 1. The first-order valence-corrected chi connectivity index (χ1v) is 6.79. The lowest BCUT2D eigenvalue weighted by Crippen LogP contribution is -2.10.